The van der Waals surface area contributed by atoms with Gasteiger partial charge >= 0.3 is 13.1 Å². The maximum atomic E-state index is 12.0. The van der Waals surface area contributed by atoms with Crippen LogP contribution in [0.5, 0.6) is 0 Å². The second-order valence-corrected chi connectivity index (χ2v) is 6.98. The van der Waals surface area contributed by atoms with Crippen LogP contribution in [-0.2, 0) is 23.6 Å². The number of methoxy groups -OCH3 is 2. The molecule has 0 aliphatic carbocycles. The van der Waals surface area contributed by atoms with E-state index in [2.05, 4.69) is 0 Å². The summed E-state index contributed by atoms with van der Waals surface area (Å²) in [5.41, 5.74) is 2.05. The summed E-state index contributed by atoms with van der Waals surface area (Å²) < 4.78 is 22.1. The van der Waals surface area contributed by atoms with Gasteiger partial charge in [-0.3, -0.25) is 0 Å². The third kappa shape index (κ3) is 3.49. The van der Waals surface area contributed by atoms with Gasteiger partial charge in [0.1, 0.15) is 5.57 Å². The van der Waals surface area contributed by atoms with Gasteiger partial charge in [-0.2, -0.15) is 0 Å². The molecule has 24 heavy (non-hydrogen) atoms. The van der Waals surface area contributed by atoms with Crippen LogP contribution in [0.15, 0.2) is 24.5 Å². The number of hydrogen-bond donors (Lipinski definition) is 0. The summed E-state index contributed by atoms with van der Waals surface area (Å²) in [5.74, 6) is -0.456. The van der Waals surface area contributed by atoms with Crippen LogP contribution in [0.4, 0.5) is 0 Å². The van der Waals surface area contributed by atoms with Crippen LogP contribution in [0.2, 0.25) is 0 Å². The number of aryl methyl sites for hydroxylation is 1. The third-order valence-electron chi connectivity index (χ3n) is 4.58. The van der Waals surface area contributed by atoms with Gasteiger partial charge in [0.15, 0.2) is 0 Å². The molecule has 5 nitrogen and oxygen atoms in total. The van der Waals surface area contributed by atoms with Crippen molar-refractivity contribution >= 4 is 24.1 Å². The Kier molecular flexibility index (Phi) is 5.11. The summed E-state index contributed by atoms with van der Waals surface area (Å²) in [6, 6.07) is 5.76. The largest absolute Gasteiger partial charge is 0.503 e. The van der Waals surface area contributed by atoms with Gasteiger partial charge in [0.05, 0.1) is 31.7 Å². The molecule has 0 unspecified atom stereocenters. The van der Waals surface area contributed by atoms with Gasteiger partial charge in [0, 0.05) is 0 Å². The van der Waals surface area contributed by atoms with Gasteiger partial charge in [-0.25, -0.2) is 4.79 Å². The van der Waals surface area contributed by atoms with Gasteiger partial charge in [0.25, 0.3) is 0 Å². The van der Waals surface area contributed by atoms with E-state index in [1.807, 2.05) is 52.8 Å². The van der Waals surface area contributed by atoms with Crippen molar-refractivity contribution in [2.45, 2.75) is 45.8 Å². The average Bonchev–Trinajstić information content (AvgIpc) is 2.71. The summed E-state index contributed by atoms with van der Waals surface area (Å²) in [5, 5.41) is 0. The molecule has 1 aliphatic heterocycles. The van der Waals surface area contributed by atoms with Crippen LogP contribution in [0.3, 0.4) is 0 Å². The first-order chi connectivity index (χ1) is 11.1. The maximum absolute atomic E-state index is 12.0. The molecule has 6 heteroatoms. The van der Waals surface area contributed by atoms with Crippen molar-refractivity contribution in [3.63, 3.8) is 0 Å². The lowest BCUT2D eigenvalue weighted by atomic mass is 9.77. The Labute approximate surface area is 144 Å². The first kappa shape index (κ1) is 18.6. The Bertz CT molecular complexity index is 647. The molecule has 0 spiro atoms. The normalized spacial score (nSPS) is 19.3. The Hall–Kier alpha value is -1.79. The number of benzene rings is 1. The summed E-state index contributed by atoms with van der Waals surface area (Å²) in [6.45, 7) is 9.99. The molecule has 0 saturated carbocycles. The zero-order valence-corrected chi connectivity index (χ0v) is 15.4. The fourth-order valence-corrected chi connectivity index (χ4v) is 2.55. The predicted octanol–water partition coefficient (Wildman–Crippen LogP) is 2.45. The fraction of sp³-hybridized carbons (Fsp3) is 0.500. The number of carbonyl (C=O) groups excluding carboxylic acids is 1. The maximum Gasteiger partial charge on any atom is 0.494 e. The molecule has 1 fully saturated rings. The molecule has 1 aromatic rings. The van der Waals surface area contributed by atoms with Gasteiger partial charge in [-0.15, -0.1) is 0 Å². The van der Waals surface area contributed by atoms with E-state index in [4.69, 9.17) is 18.8 Å². The van der Waals surface area contributed by atoms with Gasteiger partial charge in [-0.1, -0.05) is 23.8 Å². The van der Waals surface area contributed by atoms with Crippen molar-refractivity contribution in [1.29, 1.82) is 0 Å². The molecule has 0 aromatic heterocycles. The quantitative estimate of drug-likeness (QED) is 0.367. The molecule has 0 radical (unpaired) electrons. The number of rotatable bonds is 4. The van der Waals surface area contributed by atoms with Crippen LogP contribution in [0.1, 0.15) is 38.8 Å². The number of carbonyl (C=O) groups is 1. The monoisotopic (exact) mass is 332 g/mol. The van der Waals surface area contributed by atoms with Crippen LogP contribution in [-0.4, -0.2) is 38.5 Å². The minimum Gasteiger partial charge on any atom is -0.503 e. The molecule has 2 rings (SSSR count). The zero-order chi connectivity index (χ0) is 18.1. The van der Waals surface area contributed by atoms with E-state index in [1.165, 1.54) is 20.5 Å². The molecule has 0 amide bonds. The highest BCUT2D eigenvalue weighted by Crippen LogP contribution is 2.36. The SMILES string of the molecule is CO/C=C(/C(=O)OC)c1cc(C)cc(B2OC(C)(C)C(C)(C)O2)c1. The summed E-state index contributed by atoms with van der Waals surface area (Å²) in [4.78, 5) is 12.0. The highest BCUT2D eigenvalue weighted by molar-refractivity contribution is 6.62. The molecule has 1 heterocycles. The first-order valence-corrected chi connectivity index (χ1v) is 7.90. The lowest BCUT2D eigenvalue weighted by molar-refractivity contribution is -0.133. The molecule has 130 valence electrons. The van der Waals surface area contributed by atoms with E-state index in [0.29, 0.717) is 11.1 Å². The van der Waals surface area contributed by atoms with Gasteiger partial charge < -0.3 is 18.8 Å². The van der Waals surface area contributed by atoms with Crippen molar-refractivity contribution in [3.8, 4) is 0 Å². The van der Waals surface area contributed by atoms with E-state index in [-0.39, 0.29) is 0 Å². The smallest absolute Gasteiger partial charge is 0.494 e. The zero-order valence-electron chi connectivity index (χ0n) is 15.4. The van der Waals surface area contributed by atoms with Gasteiger partial charge in [-0.05, 0) is 45.6 Å². The lowest BCUT2D eigenvalue weighted by Crippen LogP contribution is -2.41. The van der Waals surface area contributed by atoms with E-state index >= 15 is 0 Å². The van der Waals surface area contributed by atoms with Crippen LogP contribution in [0, 0.1) is 6.92 Å². The Balaban J connectivity index is 2.43. The molecule has 1 aromatic carbocycles. The summed E-state index contributed by atoms with van der Waals surface area (Å²) >= 11 is 0. The minimum absolute atomic E-state index is 0.349. The predicted molar refractivity (Wildman–Crippen MR) is 93.9 cm³/mol. The Morgan fingerprint density at radius 1 is 1.08 bits per heavy atom. The number of ether oxygens (including phenoxy) is 2. The molecular formula is C18H25BO5. The summed E-state index contributed by atoms with van der Waals surface area (Å²) in [7, 11) is 2.35. The van der Waals surface area contributed by atoms with Crippen LogP contribution < -0.4 is 5.46 Å². The van der Waals surface area contributed by atoms with Crippen molar-refractivity contribution in [1.82, 2.24) is 0 Å². The van der Waals surface area contributed by atoms with E-state index in [1.54, 1.807) is 0 Å². The second-order valence-electron chi connectivity index (χ2n) is 6.98. The van der Waals surface area contributed by atoms with Crippen molar-refractivity contribution < 1.29 is 23.6 Å². The molecular weight excluding hydrogens is 307 g/mol. The highest BCUT2D eigenvalue weighted by Gasteiger charge is 2.51. The minimum atomic E-state index is -0.491. The van der Waals surface area contributed by atoms with E-state index < -0.39 is 24.3 Å². The molecule has 1 saturated heterocycles. The van der Waals surface area contributed by atoms with Crippen LogP contribution >= 0.6 is 0 Å². The fourth-order valence-electron chi connectivity index (χ4n) is 2.55. The van der Waals surface area contributed by atoms with Crippen molar-refractivity contribution in [2.24, 2.45) is 0 Å². The van der Waals surface area contributed by atoms with Crippen molar-refractivity contribution in [3.05, 3.63) is 35.6 Å². The average molecular weight is 332 g/mol. The molecule has 0 N–H and O–H groups in total. The molecule has 0 atom stereocenters. The Morgan fingerprint density at radius 2 is 1.67 bits per heavy atom. The Morgan fingerprint density at radius 3 is 2.17 bits per heavy atom. The van der Waals surface area contributed by atoms with Gasteiger partial charge in [0.2, 0.25) is 0 Å². The van der Waals surface area contributed by atoms with E-state index in [0.717, 1.165) is 11.0 Å². The molecule has 0 bridgehead atoms. The second kappa shape index (κ2) is 6.61. The van der Waals surface area contributed by atoms with E-state index in [9.17, 15) is 4.79 Å². The topological polar surface area (TPSA) is 54.0 Å². The van der Waals surface area contributed by atoms with Crippen molar-refractivity contribution in [2.75, 3.05) is 14.2 Å². The summed E-state index contributed by atoms with van der Waals surface area (Å²) in [6.07, 6.45) is 1.38. The van der Waals surface area contributed by atoms with Crippen LogP contribution in [0.25, 0.3) is 5.57 Å². The number of esters is 1. The third-order valence-corrected chi connectivity index (χ3v) is 4.58. The molecule has 1 aliphatic rings. The first-order valence-electron chi connectivity index (χ1n) is 7.90. The highest BCUT2D eigenvalue weighted by atomic mass is 16.7. The lowest BCUT2D eigenvalue weighted by Gasteiger charge is -2.32. The standard InChI is InChI=1S/C18H25BO5/c1-12-8-13(15(11-21-6)16(20)22-7)10-14(9-12)19-23-17(2,3)18(4,5)24-19/h8-11H,1-7H3/b15-11+. The number of hydrogen-bond acceptors (Lipinski definition) is 5.